The molecule has 0 aliphatic heterocycles. The summed E-state index contributed by atoms with van der Waals surface area (Å²) in [6.07, 6.45) is 0.890. The van der Waals surface area contributed by atoms with E-state index >= 15 is 0 Å². The lowest BCUT2D eigenvalue weighted by Gasteiger charge is -2.11. The minimum atomic E-state index is -0.199. The molecule has 0 unspecified atom stereocenters. The summed E-state index contributed by atoms with van der Waals surface area (Å²) in [6.45, 7) is 6.85. The van der Waals surface area contributed by atoms with E-state index in [0.717, 1.165) is 40.8 Å². The number of benzene rings is 1. The van der Waals surface area contributed by atoms with E-state index in [4.69, 9.17) is 0 Å². The van der Waals surface area contributed by atoms with Crippen LogP contribution in [0.5, 0.6) is 0 Å². The lowest BCUT2D eigenvalue weighted by Crippen LogP contribution is -2.04. The number of hydrogen-bond acceptors (Lipinski definition) is 2. The van der Waals surface area contributed by atoms with Crippen molar-refractivity contribution in [3.8, 4) is 0 Å². The quantitative estimate of drug-likeness (QED) is 0.873. The van der Waals surface area contributed by atoms with Gasteiger partial charge in [-0.25, -0.2) is 9.37 Å². The molecule has 0 radical (unpaired) electrons. The summed E-state index contributed by atoms with van der Waals surface area (Å²) < 4.78 is 13.3. The van der Waals surface area contributed by atoms with E-state index in [1.165, 1.54) is 6.07 Å². The number of fused-ring (bicyclic) bond motifs is 1. The average molecular weight is 232 g/mol. The number of rotatable bonds is 3. The molecule has 2 nitrogen and oxygen atoms in total. The second-order valence-electron chi connectivity index (χ2n) is 4.17. The Morgan fingerprint density at radius 3 is 2.65 bits per heavy atom. The van der Waals surface area contributed by atoms with Gasteiger partial charge in [-0.2, -0.15) is 0 Å². The van der Waals surface area contributed by atoms with E-state index < -0.39 is 0 Å². The zero-order chi connectivity index (χ0) is 12.4. The summed E-state index contributed by atoms with van der Waals surface area (Å²) in [7, 11) is 0. The third-order valence-electron chi connectivity index (χ3n) is 2.88. The summed E-state index contributed by atoms with van der Waals surface area (Å²) in [5.41, 5.74) is 2.88. The fourth-order valence-corrected chi connectivity index (χ4v) is 2.05. The molecule has 1 aromatic heterocycles. The maximum Gasteiger partial charge on any atom is 0.129 e. The lowest BCUT2D eigenvalue weighted by atomic mass is 10.1. The number of halogens is 1. The van der Waals surface area contributed by atoms with Gasteiger partial charge in [-0.1, -0.05) is 6.92 Å². The van der Waals surface area contributed by atoms with Crippen LogP contribution in [-0.4, -0.2) is 11.5 Å². The van der Waals surface area contributed by atoms with E-state index in [-0.39, 0.29) is 5.82 Å². The van der Waals surface area contributed by atoms with Crippen molar-refractivity contribution < 1.29 is 4.39 Å². The maximum absolute atomic E-state index is 13.3. The van der Waals surface area contributed by atoms with Crippen molar-refractivity contribution in [1.82, 2.24) is 4.98 Å². The molecule has 0 bridgehead atoms. The Hall–Kier alpha value is -1.64. The molecule has 3 heteroatoms. The normalized spacial score (nSPS) is 10.8. The molecular formula is C14H17FN2. The third kappa shape index (κ3) is 2.23. The monoisotopic (exact) mass is 232 g/mol. The Labute approximate surface area is 101 Å². The molecule has 0 aliphatic rings. The highest BCUT2D eigenvalue weighted by molar-refractivity contribution is 5.84. The molecule has 2 aromatic rings. The fraction of sp³-hybridized carbons (Fsp3) is 0.357. The number of anilines is 1. The number of nitrogens with one attached hydrogen (secondary N) is 1. The summed E-state index contributed by atoms with van der Waals surface area (Å²) >= 11 is 0. The Morgan fingerprint density at radius 2 is 2.00 bits per heavy atom. The molecule has 0 amide bonds. The Morgan fingerprint density at radius 1 is 1.24 bits per heavy atom. The summed E-state index contributed by atoms with van der Waals surface area (Å²) in [6, 6.07) is 5.09. The van der Waals surface area contributed by atoms with Crippen LogP contribution in [0.4, 0.5) is 10.2 Å². The van der Waals surface area contributed by atoms with Gasteiger partial charge in [0.2, 0.25) is 0 Å². The van der Waals surface area contributed by atoms with E-state index in [1.54, 1.807) is 6.07 Å². The number of aryl methyl sites for hydroxylation is 2. The van der Waals surface area contributed by atoms with Gasteiger partial charge >= 0.3 is 0 Å². The molecule has 0 aliphatic carbocycles. The molecule has 1 aromatic carbocycles. The zero-order valence-electron chi connectivity index (χ0n) is 10.5. The van der Waals surface area contributed by atoms with Crippen molar-refractivity contribution in [2.75, 3.05) is 11.9 Å². The van der Waals surface area contributed by atoms with E-state index in [2.05, 4.69) is 17.2 Å². The minimum absolute atomic E-state index is 0.199. The Kier molecular flexibility index (Phi) is 3.27. The Bertz CT molecular complexity index is 549. The SMILES string of the molecule is CCNc1nc2c(C)cc(F)cc2cc1CC. The van der Waals surface area contributed by atoms with Crippen LogP contribution in [0.25, 0.3) is 10.9 Å². The molecular weight excluding hydrogens is 215 g/mol. The van der Waals surface area contributed by atoms with E-state index in [0.29, 0.717) is 0 Å². The Balaban J connectivity index is 2.69. The maximum atomic E-state index is 13.3. The van der Waals surface area contributed by atoms with Crippen LogP contribution in [0.3, 0.4) is 0 Å². The van der Waals surface area contributed by atoms with Crippen molar-refractivity contribution in [1.29, 1.82) is 0 Å². The van der Waals surface area contributed by atoms with Crippen LogP contribution in [0.2, 0.25) is 0 Å². The predicted molar refractivity (Wildman–Crippen MR) is 70.0 cm³/mol. The number of hydrogen-bond donors (Lipinski definition) is 1. The van der Waals surface area contributed by atoms with Crippen LogP contribution in [0.1, 0.15) is 25.0 Å². The summed E-state index contributed by atoms with van der Waals surface area (Å²) in [5.74, 6) is 0.715. The number of aromatic nitrogens is 1. The van der Waals surface area contributed by atoms with Gasteiger partial charge in [0.05, 0.1) is 5.52 Å². The first-order chi connectivity index (χ1) is 8.15. The second-order valence-corrected chi connectivity index (χ2v) is 4.17. The topological polar surface area (TPSA) is 24.9 Å². The molecule has 1 N–H and O–H groups in total. The largest absolute Gasteiger partial charge is 0.370 e. The van der Waals surface area contributed by atoms with Crippen LogP contribution in [-0.2, 0) is 6.42 Å². The fourth-order valence-electron chi connectivity index (χ4n) is 2.05. The second kappa shape index (κ2) is 4.70. The highest BCUT2D eigenvalue weighted by Crippen LogP contribution is 2.24. The first-order valence-electron chi connectivity index (χ1n) is 5.99. The lowest BCUT2D eigenvalue weighted by molar-refractivity contribution is 0.628. The van der Waals surface area contributed by atoms with Gasteiger partial charge in [0.1, 0.15) is 11.6 Å². The van der Waals surface area contributed by atoms with Crippen molar-refractivity contribution in [2.24, 2.45) is 0 Å². The van der Waals surface area contributed by atoms with Gasteiger partial charge in [0, 0.05) is 11.9 Å². The van der Waals surface area contributed by atoms with Gasteiger partial charge in [0.25, 0.3) is 0 Å². The highest BCUT2D eigenvalue weighted by Gasteiger charge is 2.08. The van der Waals surface area contributed by atoms with E-state index in [9.17, 15) is 4.39 Å². The van der Waals surface area contributed by atoms with Crippen LogP contribution >= 0.6 is 0 Å². The van der Waals surface area contributed by atoms with Crippen molar-refractivity contribution in [3.05, 3.63) is 35.1 Å². The highest BCUT2D eigenvalue weighted by atomic mass is 19.1. The van der Waals surface area contributed by atoms with Crippen LogP contribution in [0, 0.1) is 12.7 Å². The smallest absolute Gasteiger partial charge is 0.129 e. The molecule has 0 spiro atoms. The summed E-state index contributed by atoms with van der Waals surface area (Å²) in [5, 5.41) is 4.13. The van der Waals surface area contributed by atoms with Crippen molar-refractivity contribution in [2.45, 2.75) is 27.2 Å². The third-order valence-corrected chi connectivity index (χ3v) is 2.88. The van der Waals surface area contributed by atoms with Gasteiger partial charge in [-0.05, 0) is 49.6 Å². The zero-order valence-corrected chi connectivity index (χ0v) is 10.5. The van der Waals surface area contributed by atoms with Gasteiger partial charge in [0.15, 0.2) is 0 Å². The van der Waals surface area contributed by atoms with Crippen LogP contribution in [0.15, 0.2) is 18.2 Å². The van der Waals surface area contributed by atoms with Crippen molar-refractivity contribution in [3.63, 3.8) is 0 Å². The number of pyridine rings is 1. The first-order valence-corrected chi connectivity index (χ1v) is 5.99. The van der Waals surface area contributed by atoms with Crippen LogP contribution < -0.4 is 5.32 Å². The predicted octanol–water partition coefficient (Wildman–Crippen LogP) is 3.68. The van der Waals surface area contributed by atoms with Crippen molar-refractivity contribution >= 4 is 16.7 Å². The van der Waals surface area contributed by atoms with Gasteiger partial charge < -0.3 is 5.32 Å². The first kappa shape index (κ1) is 11.8. The molecule has 90 valence electrons. The average Bonchev–Trinajstić information content (AvgIpc) is 2.29. The molecule has 0 saturated heterocycles. The molecule has 1 heterocycles. The van der Waals surface area contributed by atoms with Gasteiger partial charge in [-0.3, -0.25) is 0 Å². The van der Waals surface area contributed by atoms with E-state index in [1.807, 2.05) is 19.9 Å². The molecule has 0 saturated carbocycles. The molecule has 17 heavy (non-hydrogen) atoms. The molecule has 0 atom stereocenters. The minimum Gasteiger partial charge on any atom is -0.370 e. The number of nitrogens with zero attached hydrogens (tertiary/aromatic N) is 1. The molecule has 0 fully saturated rings. The summed E-state index contributed by atoms with van der Waals surface area (Å²) in [4.78, 5) is 4.60. The molecule has 2 rings (SSSR count). The standard InChI is InChI=1S/C14H17FN2/c1-4-10-7-11-8-12(15)6-9(3)13(11)17-14(10)16-5-2/h6-8H,4-5H2,1-3H3,(H,16,17). The van der Waals surface area contributed by atoms with Gasteiger partial charge in [-0.15, -0.1) is 0 Å².